The summed E-state index contributed by atoms with van der Waals surface area (Å²) in [5.74, 6) is 0. The predicted molar refractivity (Wildman–Crippen MR) is 50.1 cm³/mol. The van der Waals surface area contributed by atoms with E-state index < -0.39 is 0 Å². The Labute approximate surface area is 72.7 Å². The first-order valence-corrected chi connectivity index (χ1v) is 3.91. The summed E-state index contributed by atoms with van der Waals surface area (Å²) >= 11 is 0. The number of hydrogen-bond donors (Lipinski definition) is 0. The minimum absolute atomic E-state index is 0.629. The molecule has 1 aromatic carbocycles. The van der Waals surface area contributed by atoms with Crippen LogP contribution < -0.4 is 0 Å². The molecule has 0 aliphatic carbocycles. The zero-order valence-corrected chi connectivity index (χ0v) is 7.21. The zero-order valence-electron chi connectivity index (χ0n) is 7.21. The van der Waals surface area contributed by atoms with Crippen LogP contribution in [-0.2, 0) is 11.2 Å². The monoisotopic (exact) mass is 160 g/mol. The molecule has 0 atom stereocenters. The molecule has 0 radical (unpaired) electrons. The molecule has 0 saturated heterocycles. The van der Waals surface area contributed by atoms with Gasteiger partial charge in [0.1, 0.15) is 6.29 Å². The lowest BCUT2D eigenvalue weighted by Crippen LogP contribution is -1.92. The Balaban J connectivity index is 2.82. The van der Waals surface area contributed by atoms with Crippen molar-refractivity contribution >= 4 is 6.29 Å². The van der Waals surface area contributed by atoms with E-state index in [0.717, 1.165) is 6.29 Å². The molecule has 0 aliphatic heterocycles. The summed E-state index contributed by atoms with van der Waals surface area (Å²) in [6.07, 6.45) is 1.47. The largest absolute Gasteiger partial charge is 0.298 e. The van der Waals surface area contributed by atoms with E-state index in [9.17, 15) is 4.79 Å². The van der Waals surface area contributed by atoms with Gasteiger partial charge < -0.3 is 0 Å². The van der Waals surface area contributed by atoms with E-state index in [0.29, 0.717) is 12.0 Å². The van der Waals surface area contributed by atoms with E-state index in [1.165, 1.54) is 11.1 Å². The molecule has 62 valence electrons. The lowest BCUT2D eigenvalue weighted by molar-refractivity contribution is -0.104. The van der Waals surface area contributed by atoms with Crippen molar-refractivity contribution in [2.45, 2.75) is 13.3 Å². The number of carbonyl (C=O) groups excluding carboxylic acids is 1. The van der Waals surface area contributed by atoms with Crippen molar-refractivity contribution < 1.29 is 4.79 Å². The highest BCUT2D eigenvalue weighted by Crippen LogP contribution is 2.10. The van der Waals surface area contributed by atoms with Gasteiger partial charge in [-0.2, -0.15) is 0 Å². The average Bonchev–Trinajstić information content (AvgIpc) is 2.09. The van der Waals surface area contributed by atoms with Crippen molar-refractivity contribution in [3.63, 3.8) is 0 Å². The molecule has 0 N–H and O–H groups in total. The maximum atomic E-state index is 10.3. The molecule has 0 aromatic heterocycles. The van der Waals surface area contributed by atoms with Gasteiger partial charge in [-0.1, -0.05) is 30.8 Å². The van der Waals surface area contributed by atoms with Gasteiger partial charge >= 0.3 is 0 Å². The van der Waals surface area contributed by atoms with E-state index in [1.54, 1.807) is 0 Å². The van der Waals surface area contributed by atoms with Crippen LogP contribution in [0.4, 0.5) is 0 Å². The first-order valence-electron chi connectivity index (χ1n) is 3.91. The molecule has 1 nitrogen and oxygen atoms in total. The number of hydrogen-bond acceptors (Lipinski definition) is 1. The fraction of sp³-hybridized carbons (Fsp3) is 0.182. The first-order chi connectivity index (χ1) is 5.74. The molecule has 0 bridgehead atoms. The second-order valence-electron chi connectivity index (χ2n) is 2.88. The number of carbonyl (C=O) groups is 1. The predicted octanol–water partition coefficient (Wildman–Crippen LogP) is 2.29. The van der Waals surface area contributed by atoms with Crippen LogP contribution in [0.25, 0.3) is 0 Å². The van der Waals surface area contributed by atoms with Crippen molar-refractivity contribution in [2.75, 3.05) is 0 Å². The van der Waals surface area contributed by atoms with Crippen LogP contribution in [0.2, 0.25) is 0 Å². The van der Waals surface area contributed by atoms with E-state index in [1.807, 2.05) is 31.2 Å². The topological polar surface area (TPSA) is 17.1 Å². The summed E-state index contributed by atoms with van der Waals surface area (Å²) in [6.45, 7) is 5.68. The van der Waals surface area contributed by atoms with Gasteiger partial charge in [-0.3, -0.25) is 4.79 Å². The zero-order chi connectivity index (χ0) is 8.97. The second-order valence-corrected chi connectivity index (χ2v) is 2.88. The molecule has 0 saturated carbocycles. The highest BCUT2D eigenvalue weighted by Gasteiger charge is 1.97. The molecule has 0 aliphatic rings. The van der Waals surface area contributed by atoms with Gasteiger partial charge in [0, 0.05) is 6.42 Å². The first kappa shape index (κ1) is 8.72. The minimum atomic E-state index is 0.629. The van der Waals surface area contributed by atoms with Gasteiger partial charge in [0.05, 0.1) is 0 Å². The maximum absolute atomic E-state index is 10.3. The van der Waals surface area contributed by atoms with E-state index in [-0.39, 0.29) is 0 Å². The summed E-state index contributed by atoms with van der Waals surface area (Å²) in [5, 5.41) is 0. The number of aldehydes is 1. The van der Waals surface area contributed by atoms with Gasteiger partial charge in [0.25, 0.3) is 0 Å². The Hall–Kier alpha value is -1.37. The molecule has 0 amide bonds. The van der Waals surface area contributed by atoms with Crippen LogP contribution in [0.1, 0.15) is 11.1 Å². The normalized spacial score (nSPS) is 9.42. The summed E-state index contributed by atoms with van der Waals surface area (Å²) in [6, 6.07) is 8.01. The van der Waals surface area contributed by atoms with Gasteiger partial charge in [0.2, 0.25) is 0 Å². The van der Waals surface area contributed by atoms with Crippen molar-refractivity contribution in [1.29, 1.82) is 0 Å². The van der Waals surface area contributed by atoms with E-state index >= 15 is 0 Å². The van der Waals surface area contributed by atoms with E-state index in [4.69, 9.17) is 0 Å². The van der Waals surface area contributed by atoms with Gasteiger partial charge in [-0.05, 0) is 23.6 Å². The SMILES string of the molecule is C=C(C=O)Cc1ccccc1C. The van der Waals surface area contributed by atoms with Gasteiger partial charge in [0.15, 0.2) is 0 Å². The Bertz CT molecular complexity index is 300. The van der Waals surface area contributed by atoms with Crippen molar-refractivity contribution in [1.82, 2.24) is 0 Å². The molecule has 0 heterocycles. The summed E-state index contributed by atoms with van der Waals surface area (Å²) in [4.78, 5) is 10.3. The quantitative estimate of drug-likeness (QED) is 0.489. The van der Waals surface area contributed by atoms with Gasteiger partial charge in [-0.15, -0.1) is 0 Å². The molecule has 0 spiro atoms. The average molecular weight is 160 g/mol. The standard InChI is InChI=1S/C11H12O/c1-9(8-12)7-11-6-4-3-5-10(11)2/h3-6,8H,1,7H2,2H3. The molecular weight excluding hydrogens is 148 g/mol. The van der Waals surface area contributed by atoms with E-state index in [2.05, 4.69) is 6.58 Å². The molecule has 0 unspecified atom stereocenters. The Kier molecular flexibility index (Phi) is 2.81. The number of aryl methyl sites for hydroxylation is 1. The smallest absolute Gasteiger partial charge is 0.145 e. The fourth-order valence-electron chi connectivity index (χ4n) is 1.09. The molecular formula is C11H12O. The lowest BCUT2D eigenvalue weighted by atomic mass is 10.0. The Morgan fingerprint density at radius 3 is 2.75 bits per heavy atom. The van der Waals surface area contributed by atoms with Crippen molar-refractivity contribution in [2.24, 2.45) is 0 Å². The molecule has 1 rings (SSSR count). The van der Waals surface area contributed by atoms with Crippen LogP contribution in [0, 0.1) is 6.92 Å². The highest BCUT2D eigenvalue weighted by molar-refractivity contribution is 5.73. The second kappa shape index (κ2) is 3.86. The third-order valence-electron chi connectivity index (χ3n) is 1.85. The minimum Gasteiger partial charge on any atom is -0.298 e. The lowest BCUT2D eigenvalue weighted by Gasteiger charge is -2.02. The molecule has 1 heteroatoms. The molecule has 1 aromatic rings. The number of rotatable bonds is 3. The van der Waals surface area contributed by atoms with Crippen molar-refractivity contribution in [3.8, 4) is 0 Å². The summed E-state index contributed by atoms with van der Waals surface area (Å²) in [5.41, 5.74) is 3.01. The number of allylic oxidation sites excluding steroid dienone is 1. The Morgan fingerprint density at radius 1 is 1.50 bits per heavy atom. The summed E-state index contributed by atoms with van der Waals surface area (Å²) in [7, 11) is 0. The van der Waals surface area contributed by atoms with Crippen LogP contribution in [0.15, 0.2) is 36.4 Å². The fourth-order valence-corrected chi connectivity index (χ4v) is 1.09. The third-order valence-corrected chi connectivity index (χ3v) is 1.85. The maximum Gasteiger partial charge on any atom is 0.145 e. The Morgan fingerprint density at radius 2 is 2.17 bits per heavy atom. The third kappa shape index (κ3) is 2.06. The van der Waals surface area contributed by atoms with Crippen LogP contribution >= 0.6 is 0 Å². The molecule has 0 fully saturated rings. The van der Waals surface area contributed by atoms with Crippen LogP contribution in [0.5, 0.6) is 0 Å². The van der Waals surface area contributed by atoms with Crippen LogP contribution in [0.3, 0.4) is 0 Å². The van der Waals surface area contributed by atoms with Gasteiger partial charge in [-0.25, -0.2) is 0 Å². The summed E-state index contributed by atoms with van der Waals surface area (Å²) < 4.78 is 0. The molecule has 12 heavy (non-hydrogen) atoms. The van der Waals surface area contributed by atoms with Crippen molar-refractivity contribution in [3.05, 3.63) is 47.5 Å². The van der Waals surface area contributed by atoms with Crippen LogP contribution in [-0.4, -0.2) is 6.29 Å². The highest BCUT2D eigenvalue weighted by atomic mass is 16.1. The number of benzene rings is 1.